The van der Waals surface area contributed by atoms with Gasteiger partial charge in [-0.1, -0.05) is 64.1 Å². The summed E-state index contributed by atoms with van der Waals surface area (Å²) in [5.41, 5.74) is 5.44. The van der Waals surface area contributed by atoms with Crippen LogP contribution in [0.2, 0.25) is 0 Å². The number of aliphatic carboxylic acids is 1. The van der Waals surface area contributed by atoms with Gasteiger partial charge in [0, 0.05) is 92.3 Å². The quantitative estimate of drug-likeness (QED) is 0.110. The predicted molar refractivity (Wildman–Crippen MR) is 282 cm³/mol. The van der Waals surface area contributed by atoms with Crippen molar-refractivity contribution in [3.63, 3.8) is 0 Å². The van der Waals surface area contributed by atoms with Crippen LogP contribution in [-0.4, -0.2) is 52.7 Å². The average molecular weight is 1060 g/mol. The molecule has 4 heterocycles. The van der Waals surface area contributed by atoms with Crippen molar-refractivity contribution in [2.24, 2.45) is 0 Å². The highest BCUT2D eigenvalue weighted by Gasteiger charge is 2.56. The lowest BCUT2D eigenvalue weighted by Crippen LogP contribution is -2.33. The Labute approximate surface area is 450 Å². The summed E-state index contributed by atoms with van der Waals surface area (Å²) in [5, 5.41) is 7.42. The minimum atomic E-state index is -1.27. The van der Waals surface area contributed by atoms with Crippen molar-refractivity contribution in [1.29, 1.82) is 0 Å². The van der Waals surface area contributed by atoms with Gasteiger partial charge in [0.05, 0.1) is 11.1 Å². The van der Waals surface area contributed by atoms with Crippen LogP contribution in [0.4, 0.5) is 0 Å². The molecule has 10 rings (SSSR count). The van der Waals surface area contributed by atoms with Gasteiger partial charge in [-0.2, -0.15) is 0 Å². The number of ether oxygens (including phenoxy) is 8. The summed E-state index contributed by atoms with van der Waals surface area (Å²) in [6.45, 7) is 17.3. The summed E-state index contributed by atoms with van der Waals surface area (Å²) in [7, 11) is 0. The minimum Gasteiger partial charge on any atom is -0.481 e. The Bertz CT molecular complexity index is 3070. The second kappa shape index (κ2) is 23.0. The molecule has 0 saturated carbocycles. The number of carbonyl (C=O) groups is 8. The number of carbonyl (C=O) groups excluding carboxylic acids is 7. The van der Waals surface area contributed by atoms with Crippen LogP contribution in [-0.2, 0) is 75.1 Å². The Morgan fingerprint density at radius 1 is 0.410 bits per heavy atom. The summed E-state index contributed by atoms with van der Waals surface area (Å²) >= 11 is 0. The van der Waals surface area contributed by atoms with Crippen LogP contribution in [0.25, 0.3) is 0 Å². The fourth-order valence-electron chi connectivity index (χ4n) is 9.73. The van der Waals surface area contributed by atoms with Crippen LogP contribution in [0.3, 0.4) is 0 Å². The van der Waals surface area contributed by atoms with E-state index >= 15 is 0 Å². The van der Waals surface area contributed by atoms with Crippen molar-refractivity contribution < 1.29 is 81.4 Å². The smallest absolute Gasteiger partial charge is 0.340 e. The monoisotopic (exact) mass is 1060 g/mol. The first-order chi connectivity index (χ1) is 37.0. The number of ketones is 1. The Kier molecular flexibility index (Phi) is 16.7. The molecule has 6 aromatic carbocycles. The number of fused-ring (bicyclic) bond motifs is 12. The largest absolute Gasteiger partial charge is 0.481 e. The molecule has 2 spiro atoms. The number of hydrogen-bond acceptors (Lipinski definition) is 16. The first-order valence-electron chi connectivity index (χ1n) is 25.1. The number of Topliss-reactive ketones (excluding diaryl/α,β-unsaturated/α-hetero) is 1. The molecule has 404 valence electrons. The third kappa shape index (κ3) is 10.9. The zero-order valence-corrected chi connectivity index (χ0v) is 45.0. The Hall–Kier alpha value is -9.12. The van der Waals surface area contributed by atoms with Crippen LogP contribution in [0.1, 0.15) is 153 Å². The molecule has 4 aliphatic rings. The second-order valence-electron chi connectivity index (χ2n) is 18.5. The van der Waals surface area contributed by atoms with Gasteiger partial charge in [0.2, 0.25) is 0 Å². The van der Waals surface area contributed by atoms with Gasteiger partial charge < -0.3 is 47.8 Å². The van der Waals surface area contributed by atoms with Gasteiger partial charge >= 0.3 is 35.8 Å². The molecule has 0 radical (unpaired) electrons. The van der Waals surface area contributed by atoms with Crippen molar-refractivity contribution in [2.75, 3.05) is 0 Å². The van der Waals surface area contributed by atoms with Gasteiger partial charge in [-0.25, -0.2) is 9.59 Å². The molecular formula is C61H58O17. The van der Waals surface area contributed by atoms with Gasteiger partial charge in [-0.05, 0) is 98.2 Å². The number of esters is 6. The molecule has 0 bridgehead atoms. The Balaban J connectivity index is 0.000000199. The highest BCUT2D eigenvalue weighted by atomic mass is 16.6. The Morgan fingerprint density at radius 3 is 0.859 bits per heavy atom. The number of benzene rings is 6. The predicted octanol–water partition coefficient (Wildman–Crippen LogP) is 11.1. The van der Waals surface area contributed by atoms with E-state index in [-0.39, 0.29) is 5.78 Å². The van der Waals surface area contributed by atoms with Crippen LogP contribution in [0, 0.1) is 0 Å². The van der Waals surface area contributed by atoms with Crippen molar-refractivity contribution >= 4 is 47.6 Å². The van der Waals surface area contributed by atoms with Gasteiger partial charge in [0.15, 0.2) is 11.2 Å². The number of rotatable bonds is 8. The van der Waals surface area contributed by atoms with E-state index in [1.54, 1.807) is 48.5 Å². The molecule has 6 aromatic rings. The van der Waals surface area contributed by atoms with Crippen molar-refractivity contribution in [3.8, 4) is 46.0 Å². The molecule has 0 saturated heterocycles. The molecule has 0 fully saturated rings. The molecular weight excluding hydrogens is 1000 g/mol. The zero-order valence-electron chi connectivity index (χ0n) is 45.0. The molecule has 1 N–H and O–H groups in total. The number of carboxylic acids is 1. The van der Waals surface area contributed by atoms with Gasteiger partial charge in [0.25, 0.3) is 5.97 Å². The summed E-state index contributed by atoms with van der Waals surface area (Å²) in [4.78, 5) is 91.6. The number of aryl methyl sites for hydroxylation is 4. The third-order valence-corrected chi connectivity index (χ3v) is 12.7. The fourth-order valence-corrected chi connectivity index (χ4v) is 9.73. The van der Waals surface area contributed by atoms with Crippen molar-refractivity contribution in [3.05, 3.63) is 164 Å². The van der Waals surface area contributed by atoms with Crippen LogP contribution < -0.4 is 28.4 Å². The first-order valence-corrected chi connectivity index (χ1v) is 25.1. The zero-order chi connectivity index (χ0) is 57.0. The lowest BCUT2D eigenvalue weighted by Gasteiger charge is -2.37. The highest BCUT2D eigenvalue weighted by molar-refractivity contribution is 5.98. The highest BCUT2D eigenvalue weighted by Crippen LogP contribution is 2.60. The van der Waals surface area contributed by atoms with Gasteiger partial charge in [-0.3, -0.25) is 24.0 Å². The van der Waals surface area contributed by atoms with E-state index in [9.17, 15) is 33.6 Å². The lowest BCUT2D eigenvalue weighted by molar-refractivity contribution is -0.135. The molecule has 17 heteroatoms. The van der Waals surface area contributed by atoms with E-state index in [1.165, 1.54) is 41.5 Å². The van der Waals surface area contributed by atoms with E-state index in [0.717, 1.165) is 29.2 Å². The molecule has 4 aliphatic heterocycles. The van der Waals surface area contributed by atoms with Gasteiger partial charge in [0.1, 0.15) is 51.8 Å². The first kappa shape index (κ1) is 56.6. The molecule has 0 aromatic heterocycles. The molecule has 0 amide bonds. The SMILES string of the molecule is CC(=O)O.CC(C)=O.CCc1cc2c(cc1OC(C)=O)Oc1cc(OC(C)=O)c(CC)cc1C21OC(=O)c2ccccc21.CCc1cc2c(cc1OC(C)=O)Oc1cc(OC(C)=O)c(CC)cc1C21OC(=O)c2ccccc21. The standard InChI is InChI=1S/2C28H24O7.C3H6O.C2H4O2/c2*1-5-17-11-21-25(13-23(17)32-15(3)29)34-26-14-24(33-16(4)30)18(6-2)12-22(26)28(21)20-10-8-7-9-19(20)27(31)35-28;1-3(2)4;1-2(3)4/h2*7-14H,5-6H2,1-4H3;1-2H3;1H3,(H,3,4). The van der Waals surface area contributed by atoms with Crippen LogP contribution >= 0.6 is 0 Å². The normalized spacial score (nSPS) is 13.5. The summed E-state index contributed by atoms with van der Waals surface area (Å²) in [6.07, 6.45) is 2.33. The molecule has 17 nitrogen and oxygen atoms in total. The van der Waals surface area contributed by atoms with E-state index < -0.39 is 53.0 Å². The number of hydrogen-bond donors (Lipinski definition) is 1. The van der Waals surface area contributed by atoms with Gasteiger partial charge in [-0.15, -0.1) is 0 Å². The third-order valence-electron chi connectivity index (χ3n) is 12.7. The van der Waals surface area contributed by atoms with Crippen molar-refractivity contribution in [2.45, 2.75) is 113 Å². The summed E-state index contributed by atoms with van der Waals surface area (Å²) in [5.74, 6) is -0.320. The van der Waals surface area contributed by atoms with Crippen molar-refractivity contribution in [1.82, 2.24) is 0 Å². The molecule has 0 aliphatic carbocycles. The molecule has 0 atom stereocenters. The fraction of sp³-hybridized carbons (Fsp3) is 0.279. The summed E-state index contributed by atoms with van der Waals surface area (Å²) < 4.78 is 46.8. The van der Waals surface area contributed by atoms with E-state index in [2.05, 4.69) is 0 Å². The van der Waals surface area contributed by atoms with Crippen LogP contribution in [0.15, 0.2) is 97.1 Å². The lowest BCUT2D eigenvalue weighted by atomic mass is 9.76. The topological polar surface area (TPSA) is 231 Å². The molecule has 78 heavy (non-hydrogen) atoms. The summed E-state index contributed by atoms with van der Waals surface area (Å²) in [6, 6.07) is 28.6. The van der Waals surface area contributed by atoms with E-state index in [0.29, 0.717) is 116 Å². The number of carboxylic acid groups (broad SMARTS) is 1. The maximum absolute atomic E-state index is 13.1. The van der Waals surface area contributed by atoms with Crippen LogP contribution in [0.5, 0.6) is 46.0 Å². The molecule has 0 unspecified atom stereocenters. The van der Waals surface area contributed by atoms with E-state index in [4.69, 9.17) is 47.8 Å². The second-order valence-corrected chi connectivity index (χ2v) is 18.5. The Morgan fingerprint density at radius 2 is 0.641 bits per heavy atom. The minimum absolute atomic E-state index is 0.167. The van der Waals surface area contributed by atoms with E-state index in [1.807, 2.05) is 76.2 Å². The average Bonchev–Trinajstić information content (AvgIpc) is 3.89. The maximum Gasteiger partial charge on any atom is 0.340 e. The maximum atomic E-state index is 13.1.